The van der Waals surface area contributed by atoms with Crippen LogP contribution >= 0.6 is 12.2 Å². The van der Waals surface area contributed by atoms with Crippen molar-refractivity contribution in [2.75, 3.05) is 4.90 Å². The summed E-state index contributed by atoms with van der Waals surface area (Å²) < 4.78 is 6.34. The summed E-state index contributed by atoms with van der Waals surface area (Å²) in [6.07, 6.45) is 1.81. The maximum Gasteiger partial charge on any atom is 0.174 e. The van der Waals surface area contributed by atoms with E-state index in [1.54, 1.807) is 6.20 Å². The van der Waals surface area contributed by atoms with Gasteiger partial charge in [0.1, 0.15) is 17.6 Å². The van der Waals surface area contributed by atoms with Crippen LogP contribution in [0.4, 0.5) is 5.69 Å². The minimum absolute atomic E-state index is 0.112. The molecule has 2 unspecified atom stereocenters. The Kier molecular flexibility index (Phi) is 4.58. The third kappa shape index (κ3) is 3.30. The van der Waals surface area contributed by atoms with E-state index in [4.69, 9.17) is 16.6 Å². The van der Waals surface area contributed by atoms with Crippen LogP contribution in [0.1, 0.15) is 23.5 Å². The van der Waals surface area contributed by atoms with E-state index in [0.717, 1.165) is 28.5 Å². The molecular weight excluding hydrogens is 378 g/mol. The molecule has 1 aliphatic rings. The van der Waals surface area contributed by atoms with E-state index in [-0.39, 0.29) is 12.1 Å². The molecule has 0 bridgehead atoms. The van der Waals surface area contributed by atoms with Gasteiger partial charge in [-0.1, -0.05) is 54.6 Å². The van der Waals surface area contributed by atoms with Crippen LogP contribution in [0.3, 0.4) is 0 Å². The zero-order chi connectivity index (χ0) is 19.6. The molecule has 1 N–H and O–H groups in total. The van der Waals surface area contributed by atoms with Gasteiger partial charge in [0.25, 0.3) is 0 Å². The topological polar surface area (TPSA) is 41.3 Å². The fourth-order valence-electron chi connectivity index (χ4n) is 3.78. The Balaban J connectivity index is 1.60. The van der Waals surface area contributed by atoms with Gasteiger partial charge in [-0.25, -0.2) is 0 Å². The average Bonchev–Trinajstić information content (AvgIpc) is 3.40. The van der Waals surface area contributed by atoms with Crippen LogP contribution in [0.25, 0.3) is 11.3 Å². The van der Waals surface area contributed by atoms with Crippen LogP contribution in [0.2, 0.25) is 0 Å². The second-order valence-electron chi connectivity index (χ2n) is 6.90. The lowest BCUT2D eigenvalue weighted by Gasteiger charge is -2.26. The normalized spacial score (nSPS) is 18.6. The molecule has 1 aliphatic heterocycles. The lowest BCUT2D eigenvalue weighted by molar-refractivity contribution is 0.439. The molecule has 29 heavy (non-hydrogen) atoms. The van der Waals surface area contributed by atoms with Gasteiger partial charge in [0.2, 0.25) is 0 Å². The van der Waals surface area contributed by atoms with Crippen LogP contribution < -0.4 is 10.2 Å². The van der Waals surface area contributed by atoms with Crippen molar-refractivity contribution < 1.29 is 4.42 Å². The van der Waals surface area contributed by atoms with Gasteiger partial charge in [-0.3, -0.25) is 4.98 Å². The lowest BCUT2D eigenvalue weighted by Crippen LogP contribution is -2.29. The highest BCUT2D eigenvalue weighted by Gasteiger charge is 2.42. The molecule has 0 radical (unpaired) electrons. The number of thiocarbonyl (C=S) groups is 1. The molecule has 2 atom stereocenters. The summed E-state index contributed by atoms with van der Waals surface area (Å²) in [5, 5.41) is 4.11. The molecule has 0 spiro atoms. The maximum absolute atomic E-state index is 6.34. The van der Waals surface area contributed by atoms with Gasteiger partial charge in [0.05, 0.1) is 11.7 Å². The molecule has 4 nitrogen and oxygen atoms in total. The van der Waals surface area contributed by atoms with Crippen molar-refractivity contribution in [2.45, 2.75) is 12.1 Å². The quantitative estimate of drug-likeness (QED) is 0.459. The van der Waals surface area contributed by atoms with Crippen molar-refractivity contribution in [3.63, 3.8) is 0 Å². The second kappa shape index (κ2) is 7.53. The smallest absolute Gasteiger partial charge is 0.174 e. The van der Waals surface area contributed by atoms with Gasteiger partial charge in [-0.05, 0) is 48.6 Å². The molecule has 4 aromatic rings. The number of nitrogens with zero attached hydrogens (tertiary/aromatic N) is 2. The molecule has 3 heterocycles. The molecule has 2 aromatic heterocycles. The number of anilines is 1. The molecule has 142 valence electrons. The lowest BCUT2D eigenvalue weighted by atomic mass is 10.0. The van der Waals surface area contributed by atoms with E-state index in [1.807, 2.05) is 78.9 Å². The Hall–Kier alpha value is -3.44. The van der Waals surface area contributed by atoms with Gasteiger partial charge in [-0.2, -0.15) is 0 Å². The highest BCUT2D eigenvalue weighted by atomic mass is 32.1. The van der Waals surface area contributed by atoms with Crippen molar-refractivity contribution in [2.24, 2.45) is 0 Å². The van der Waals surface area contributed by atoms with Crippen LogP contribution in [0.5, 0.6) is 0 Å². The third-order valence-corrected chi connectivity index (χ3v) is 5.42. The molecule has 5 heteroatoms. The molecule has 0 aliphatic carbocycles. The second-order valence-corrected chi connectivity index (χ2v) is 7.29. The summed E-state index contributed by atoms with van der Waals surface area (Å²) in [4.78, 5) is 6.69. The van der Waals surface area contributed by atoms with Crippen LogP contribution in [0.15, 0.2) is 102 Å². The Labute approximate surface area is 174 Å². The first-order chi connectivity index (χ1) is 14.3. The third-order valence-electron chi connectivity index (χ3n) is 5.11. The summed E-state index contributed by atoms with van der Waals surface area (Å²) in [7, 11) is 0. The molecular formula is C24H19N3OS. The van der Waals surface area contributed by atoms with E-state index in [2.05, 4.69) is 27.3 Å². The Bertz CT molecular complexity index is 1110. The van der Waals surface area contributed by atoms with Crippen LogP contribution in [-0.2, 0) is 0 Å². The van der Waals surface area contributed by atoms with Gasteiger partial charge < -0.3 is 14.6 Å². The average molecular weight is 398 g/mol. The monoisotopic (exact) mass is 397 g/mol. The predicted octanol–water partition coefficient (Wildman–Crippen LogP) is 5.52. The number of benzene rings is 2. The fourth-order valence-corrected chi connectivity index (χ4v) is 4.13. The Morgan fingerprint density at radius 3 is 2.28 bits per heavy atom. The fraction of sp³-hybridized carbons (Fsp3) is 0.0833. The van der Waals surface area contributed by atoms with E-state index >= 15 is 0 Å². The number of furan rings is 1. The minimum atomic E-state index is -0.141. The summed E-state index contributed by atoms with van der Waals surface area (Å²) >= 11 is 5.72. The van der Waals surface area contributed by atoms with Crippen molar-refractivity contribution >= 4 is 23.0 Å². The number of hydrogen-bond acceptors (Lipinski definition) is 3. The number of pyridine rings is 1. The molecule has 0 saturated carbocycles. The summed E-state index contributed by atoms with van der Waals surface area (Å²) in [6, 6.07) is 30.0. The zero-order valence-corrected chi connectivity index (χ0v) is 16.4. The van der Waals surface area contributed by atoms with E-state index in [0.29, 0.717) is 5.11 Å². The number of rotatable bonds is 4. The SMILES string of the molecule is S=C1NC(c2ccccn2)C(c2ccc(-c3ccccc3)o2)N1c1ccccc1. The molecule has 1 saturated heterocycles. The van der Waals surface area contributed by atoms with Crippen molar-refractivity contribution in [3.05, 3.63) is 109 Å². The zero-order valence-electron chi connectivity index (χ0n) is 15.6. The maximum atomic E-state index is 6.34. The molecule has 5 rings (SSSR count). The number of para-hydroxylation sites is 1. The summed E-state index contributed by atoms with van der Waals surface area (Å²) in [5.41, 5.74) is 3.00. The first kappa shape index (κ1) is 17.6. The van der Waals surface area contributed by atoms with E-state index in [1.165, 1.54) is 0 Å². The van der Waals surface area contributed by atoms with E-state index in [9.17, 15) is 0 Å². The van der Waals surface area contributed by atoms with Crippen LogP contribution in [0, 0.1) is 0 Å². The largest absolute Gasteiger partial charge is 0.459 e. The molecule has 1 fully saturated rings. The summed E-state index contributed by atoms with van der Waals surface area (Å²) in [5.74, 6) is 1.68. The van der Waals surface area contributed by atoms with Gasteiger partial charge in [0, 0.05) is 17.4 Å². The van der Waals surface area contributed by atoms with Gasteiger partial charge in [-0.15, -0.1) is 0 Å². The number of hydrogen-bond donors (Lipinski definition) is 1. The van der Waals surface area contributed by atoms with E-state index < -0.39 is 0 Å². The highest BCUT2D eigenvalue weighted by molar-refractivity contribution is 7.80. The van der Waals surface area contributed by atoms with Crippen LogP contribution in [-0.4, -0.2) is 10.1 Å². The Morgan fingerprint density at radius 2 is 1.55 bits per heavy atom. The van der Waals surface area contributed by atoms with Gasteiger partial charge >= 0.3 is 0 Å². The van der Waals surface area contributed by atoms with Crippen molar-refractivity contribution in [1.82, 2.24) is 10.3 Å². The van der Waals surface area contributed by atoms with Crippen molar-refractivity contribution in [3.8, 4) is 11.3 Å². The number of aromatic nitrogens is 1. The number of nitrogens with one attached hydrogen (secondary N) is 1. The minimum Gasteiger partial charge on any atom is -0.459 e. The molecule has 2 aromatic carbocycles. The summed E-state index contributed by atoms with van der Waals surface area (Å²) in [6.45, 7) is 0. The highest BCUT2D eigenvalue weighted by Crippen LogP contribution is 2.42. The predicted molar refractivity (Wildman–Crippen MR) is 119 cm³/mol. The standard InChI is InChI=1S/C24H19N3OS/c29-24-26-22(19-13-7-8-16-25-19)23(27(24)18-11-5-2-6-12-18)21-15-14-20(28-21)17-9-3-1-4-10-17/h1-16,22-23H,(H,26,29). The van der Waals surface area contributed by atoms with Gasteiger partial charge in [0.15, 0.2) is 5.11 Å². The first-order valence-corrected chi connectivity index (χ1v) is 9.93. The molecule has 0 amide bonds. The van der Waals surface area contributed by atoms with Crippen molar-refractivity contribution in [1.29, 1.82) is 0 Å². The first-order valence-electron chi connectivity index (χ1n) is 9.52. The Morgan fingerprint density at radius 1 is 0.828 bits per heavy atom.